The van der Waals surface area contributed by atoms with Gasteiger partial charge in [0, 0.05) is 5.56 Å². The second kappa shape index (κ2) is 28.7. The molecule has 42 heavy (non-hydrogen) atoms. The van der Waals surface area contributed by atoms with E-state index in [-0.39, 0.29) is 10.6 Å². The minimum absolute atomic E-state index is 0.0332. The highest BCUT2D eigenvalue weighted by atomic mass is 31.1. The van der Waals surface area contributed by atoms with Gasteiger partial charge in [-0.15, -0.1) is 6.58 Å². The largest absolute Gasteiger partial charge is 0.476 e. The van der Waals surface area contributed by atoms with Crippen molar-refractivity contribution in [3.8, 4) is 5.75 Å². The van der Waals surface area contributed by atoms with E-state index >= 15 is 0 Å². The summed E-state index contributed by atoms with van der Waals surface area (Å²) in [5, 5.41) is -0.155. The molecule has 0 radical (unpaired) electrons. The molecule has 2 atom stereocenters. The Balaban J connectivity index is -0.000000581. The molecule has 1 aromatic rings. The lowest BCUT2D eigenvalue weighted by Crippen LogP contribution is -2.15. The molecular formula is C40H69OP. The van der Waals surface area contributed by atoms with Crippen LogP contribution in [-0.4, -0.2) is 5.16 Å². The Kier molecular flexibility index (Phi) is 31.9. The third kappa shape index (κ3) is 19.7. The summed E-state index contributed by atoms with van der Waals surface area (Å²) in [6, 6.07) is 6.67. The van der Waals surface area contributed by atoms with Gasteiger partial charge in [-0.05, 0) is 54.4 Å². The third-order valence-corrected chi connectivity index (χ3v) is 6.45. The van der Waals surface area contributed by atoms with Crippen molar-refractivity contribution < 1.29 is 4.52 Å². The van der Waals surface area contributed by atoms with E-state index in [1.165, 1.54) is 22.3 Å². The molecule has 0 bridgehead atoms. The summed E-state index contributed by atoms with van der Waals surface area (Å²) in [5.41, 5.74) is 5.02. The smallest absolute Gasteiger partial charge is 0.126 e. The van der Waals surface area contributed by atoms with Crippen LogP contribution in [0, 0.1) is 0 Å². The third-order valence-electron chi connectivity index (χ3n) is 5.35. The summed E-state index contributed by atoms with van der Waals surface area (Å²) < 4.78 is 6.46. The van der Waals surface area contributed by atoms with Gasteiger partial charge < -0.3 is 4.52 Å². The molecule has 0 aromatic heterocycles. The summed E-state index contributed by atoms with van der Waals surface area (Å²) >= 11 is 0. The zero-order chi connectivity index (χ0) is 33.8. The number of rotatable bonds is 8. The molecule has 0 N–H and O–H groups in total. The fourth-order valence-corrected chi connectivity index (χ4v) is 4.18. The molecule has 1 aromatic carbocycles. The molecule has 0 heterocycles. The molecule has 0 amide bonds. The second-order valence-corrected chi connectivity index (χ2v) is 11.5. The molecule has 1 aliphatic rings. The highest BCUT2D eigenvalue weighted by Crippen LogP contribution is 2.42. The zero-order valence-corrected chi connectivity index (χ0v) is 31.6. The molecule has 0 fully saturated rings. The normalized spacial score (nSPS) is 15.6. The van der Waals surface area contributed by atoms with Crippen molar-refractivity contribution in [2.45, 2.75) is 134 Å². The maximum absolute atomic E-state index is 6.46. The van der Waals surface area contributed by atoms with Gasteiger partial charge in [-0.25, -0.2) is 0 Å². The average molecular weight is 597 g/mol. The maximum Gasteiger partial charge on any atom is 0.126 e. The molecule has 1 nitrogen and oxygen atoms in total. The van der Waals surface area contributed by atoms with Crippen LogP contribution in [0.4, 0.5) is 0 Å². The van der Waals surface area contributed by atoms with Gasteiger partial charge in [-0.2, -0.15) is 0 Å². The van der Waals surface area contributed by atoms with Crippen LogP contribution in [0.15, 0.2) is 103 Å². The van der Waals surface area contributed by atoms with Crippen molar-refractivity contribution in [1.82, 2.24) is 0 Å². The Morgan fingerprint density at radius 2 is 1.52 bits per heavy atom. The first-order valence-electron chi connectivity index (χ1n) is 16.2. The fourth-order valence-electron chi connectivity index (χ4n) is 3.35. The van der Waals surface area contributed by atoms with Crippen LogP contribution < -0.4 is 4.52 Å². The van der Waals surface area contributed by atoms with E-state index in [1.54, 1.807) is 6.08 Å². The first kappa shape index (κ1) is 46.6. The summed E-state index contributed by atoms with van der Waals surface area (Å²) in [6.45, 7) is 40.7. The molecule has 0 aliphatic heterocycles. The second-order valence-electron chi connectivity index (χ2n) is 10.0. The number of allylic oxidation sites excluding steroid dienone is 12. The molecule has 2 heteroatoms. The van der Waals surface area contributed by atoms with E-state index in [0.29, 0.717) is 14.7 Å². The Morgan fingerprint density at radius 3 is 1.98 bits per heavy atom. The van der Waals surface area contributed by atoms with E-state index < -0.39 is 0 Å². The molecule has 2 unspecified atom stereocenters. The highest BCUT2D eigenvalue weighted by molar-refractivity contribution is 7.35. The minimum Gasteiger partial charge on any atom is -0.476 e. The number of benzene rings is 1. The summed E-state index contributed by atoms with van der Waals surface area (Å²) in [6.07, 6.45) is 22.0. The van der Waals surface area contributed by atoms with E-state index in [4.69, 9.17) is 4.52 Å². The van der Waals surface area contributed by atoms with Gasteiger partial charge in [0.2, 0.25) is 0 Å². The Hall–Kier alpha value is -2.37. The minimum atomic E-state index is -0.155. The highest BCUT2D eigenvalue weighted by Gasteiger charge is 2.24. The van der Waals surface area contributed by atoms with Crippen LogP contribution in [0.25, 0.3) is 0 Å². The quantitative estimate of drug-likeness (QED) is 0.165. The van der Waals surface area contributed by atoms with Gasteiger partial charge in [0.05, 0.1) is 14.0 Å². The summed E-state index contributed by atoms with van der Waals surface area (Å²) in [5.74, 6) is 1.50. The standard InChI is InChI=1S/C29H39OP.C3H6.4C2H6/c1-9-11-14-23(13-10-2)24-15-12-19-29(8,20-18-24)31-30-27-17-16-25(22(3)4)21-26(27)28(5,6)7;1-3-2;4*1-2/h10-22,31H,2,9H2,1,3-8H3;3H,1H2,2H3;4*1-2H3/b14-11-,23-13+;;;;;. The number of hydrogen-bond donors (Lipinski definition) is 0. The predicted molar refractivity (Wildman–Crippen MR) is 202 cm³/mol. The van der Waals surface area contributed by atoms with Crippen LogP contribution in [0.3, 0.4) is 0 Å². The molecule has 1 aliphatic carbocycles. The van der Waals surface area contributed by atoms with Crippen LogP contribution in [0.5, 0.6) is 5.75 Å². The zero-order valence-electron chi connectivity index (χ0n) is 30.6. The Morgan fingerprint density at radius 1 is 0.976 bits per heavy atom. The van der Waals surface area contributed by atoms with Crippen LogP contribution in [0.2, 0.25) is 0 Å². The summed E-state index contributed by atoms with van der Waals surface area (Å²) in [4.78, 5) is 0. The van der Waals surface area contributed by atoms with Gasteiger partial charge in [0.1, 0.15) is 5.75 Å². The monoisotopic (exact) mass is 597 g/mol. The van der Waals surface area contributed by atoms with E-state index in [2.05, 4.69) is 128 Å². The van der Waals surface area contributed by atoms with Crippen molar-refractivity contribution in [2.75, 3.05) is 0 Å². The van der Waals surface area contributed by atoms with Crippen molar-refractivity contribution in [3.63, 3.8) is 0 Å². The van der Waals surface area contributed by atoms with Crippen molar-refractivity contribution in [3.05, 3.63) is 114 Å². The van der Waals surface area contributed by atoms with Crippen molar-refractivity contribution in [1.29, 1.82) is 0 Å². The van der Waals surface area contributed by atoms with Crippen LogP contribution >= 0.6 is 8.81 Å². The van der Waals surface area contributed by atoms with Gasteiger partial charge in [-0.1, -0.05) is 176 Å². The molecular weight excluding hydrogens is 527 g/mol. The van der Waals surface area contributed by atoms with Crippen molar-refractivity contribution in [2.24, 2.45) is 0 Å². The first-order valence-corrected chi connectivity index (χ1v) is 17.2. The molecule has 0 saturated carbocycles. The fraction of sp³-hybridized carbons (Fsp3) is 0.500. The first-order chi connectivity index (χ1) is 20.0. The van der Waals surface area contributed by atoms with Crippen molar-refractivity contribution >= 4 is 8.81 Å². The maximum atomic E-state index is 6.46. The lowest BCUT2D eigenvalue weighted by molar-refractivity contribution is 0.535. The molecule has 240 valence electrons. The van der Waals surface area contributed by atoms with E-state index in [9.17, 15) is 0 Å². The molecule has 0 spiro atoms. The molecule has 0 saturated heterocycles. The van der Waals surface area contributed by atoms with Gasteiger partial charge in [-0.3, -0.25) is 0 Å². The summed E-state index contributed by atoms with van der Waals surface area (Å²) in [7, 11) is 0.295. The average Bonchev–Trinajstić information content (AvgIpc) is 3.20. The van der Waals surface area contributed by atoms with Gasteiger partial charge in [0.15, 0.2) is 0 Å². The topological polar surface area (TPSA) is 9.23 Å². The van der Waals surface area contributed by atoms with Gasteiger partial charge >= 0.3 is 0 Å². The lowest BCUT2D eigenvalue weighted by atomic mass is 9.84. The van der Waals surface area contributed by atoms with E-state index in [1.807, 2.05) is 68.4 Å². The SMILES string of the molecule is C=C/C=C(\C=C/CC)C1=CC=CC(C)(POc2ccc(C(C)C)cc2C(C)(C)C)C=C1.C=CC.CC.CC.CC.CC. The lowest BCUT2D eigenvalue weighted by Gasteiger charge is -2.27. The molecule has 2 rings (SSSR count). The Labute approximate surface area is 266 Å². The Bertz CT molecular complexity index is 964. The van der Waals surface area contributed by atoms with Crippen LogP contribution in [-0.2, 0) is 5.41 Å². The van der Waals surface area contributed by atoms with E-state index in [0.717, 1.165) is 12.2 Å². The van der Waals surface area contributed by atoms with Gasteiger partial charge in [0.25, 0.3) is 0 Å². The number of hydrogen-bond acceptors (Lipinski definition) is 1. The predicted octanol–water partition coefficient (Wildman–Crippen LogP) is 14.3. The van der Waals surface area contributed by atoms with Crippen LogP contribution in [0.1, 0.15) is 134 Å².